The molecule has 1 N–H and O–H groups in total. The standard InChI is InChI=1S/C14H18O2/c1-3-4-5-6-10-14(15)12-8-7-9-13(11-12)16-2/h7-9,11,14-15H,3-5H2,1-2H3. The first-order chi connectivity index (χ1) is 7.77. The maximum absolute atomic E-state index is 9.81. The largest absolute Gasteiger partial charge is 0.497 e. The van der Waals surface area contributed by atoms with Gasteiger partial charge in [-0.15, -0.1) is 5.92 Å². The van der Waals surface area contributed by atoms with Crippen molar-refractivity contribution in [1.29, 1.82) is 0 Å². The van der Waals surface area contributed by atoms with Gasteiger partial charge in [0, 0.05) is 6.42 Å². The molecule has 1 rings (SSSR count). The number of hydrogen-bond donors (Lipinski definition) is 1. The van der Waals surface area contributed by atoms with Crippen LogP contribution in [-0.2, 0) is 0 Å². The van der Waals surface area contributed by atoms with E-state index in [0.29, 0.717) is 0 Å². The van der Waals surface area contributed by atoms with Crippen LogP contribution in [0.25, 0.3) is 0 Å². The van der Waals surface area contributed by atoms with E-state index in [2.05, 4.69) is 18.8 Å². The van der Waals surface area contributed by atoms with Crippen molar-refractivity contribution in [2.45, 2.75) is 32.3 Å². The summed E-state index contributed by atoms with van der Waals surface area (Å²) in [6, 6.07) is 7.35. The van der Waals surface area contributed by atoms with Gasteiger partial charge < -0.3 is 9.84 Å². The number of aliphatic hydroxyl groups is 1. The van der Waals surface area contributed by atoms with E-state index in [-0.39, 0.29) is 0 Å². The fraction of sp³-hybridized carbons (Fsp3) is 0.429. The van der Waals surface area contributed by atoms with Gasteiger partial charge in [0.05, 0.1) is 7.11 Å². The van der Waals surface area contributed by atoms with Gasteiger partial charge in [-0.2, -0.15) is 0 Å². The minimum absolute atomic E-state index is 0.716. The van der Waals surface area contributed by atoms with Gasteiger partial charge in [-0.05, 0) is 24.1 Å². The van der Waals surface area contributed by atoms with Crippen molar-refractivity contribution in [3.05, 3.63) is 29.8 Å². The van der Waals surface area contributed by atoms with Crippen LogP contribution < -0.4 is 4.74 Å². The highest BCUT2D eigenvalue weighted by Gasteiger charge is 2.03. The Hall–Kier alpha value is -1.46. The lowest BCUT2D eigenvalue weighted by atomic mass is 10.1. The summed E-state index contributed by atoms with van der Waals surface area (Å²) >= 11 is 0. The smallest absolute Gasteiger partial charge is 0.140 e. The Kier molecular flexibility index (Phi) is 5.45. The maximum atomic E-state index is 9.81. The van der Waals surface area contributed by atoms with Gasteiger partial charge in [-0.1, -0.05) is 31.4 Å². The molecular formula is C14H18O2. The first-order valence-electron chi connectivity index (χ1n) is 5.58. The average molecular weight is 218 g/mol. The predicted octanol–water partition coefficient (Wildman–Crippen LogP) is 2.92. The van der Waals surface area contributed by atoms with Gasteiger partial charge in [-0.3, -0.25) is 0 Å². The number of unbranched alkanes of at least 4 members (excludes halogenated alkanes) is 2. The molecule has 0 amide bonds. The normalized spacial score (nSPS) is 11.4. The Balaban J connectivity index is 2.63. The van der Waals surface area contributed by atoms with Crippen molar-refractivity contribution in [3.8, 4) is 17.6 Å². The Morgan fingerprint density at radius 2 is 2.25 bits per heavy atom. The zero-order valence-electron chi connectivity index (χ0n) is 9.86. The van der Waals surface area contributed by atoms with Crippen LogP contribution in [0.1, 0.15) is 37.9 Å². The van der Waals surface area contributed by atoms with Crippen molar-refractivity contribution in [2.24, 2.45) is 0 Å². The van der Waals surface area contributed by atoms with Gasteiger partial charge in [0.2, 0.25) is 0 Å². The molecule has 1 unspecified atom stereocenters. The van der Waals surface area contributed by atoms with Gasteiger partial charge in [-0.25, -0.2) is 0 Å². The highest BCUT2D eigenvalue weighted by atomic mass is 16.5. The molecule has 0 aliphatic heterocycles. The molecule has 1 aromatic carbocycles. The topological polar surface area (TPSA) is 29.5 Å². The molecule has 2 heteroatoms. The summed E-state index contributed by atoms with van der Waals surface area (Å²) in [7, 11) is 1.61. The summed E-state index contributed by atoms with van der Waals surface area (Å²) in [5, 5.41) is 9.81. The maximum Gasteiger partial charge on any atom is 0.140 e. The van der Waals surface area contributed by atoms with Crippen LogP contribution in [0.4, 0.5) is 0 Å². The van der Waals surface area contributed by atoms with Gasteiger partial charge in [0.1, 0.15) is 11.9 Å². The fourth-order valence-corrected chi connectivity index (χ4v) is 1.33. The molecule has 0 heterocycles. The molecule has 0 saturated heterocycles. The second-order valence-corrected chi connectivity index (χ2v) is 3.60. The molecular weight excluding hydrogens is 200 g/mol. The summed E-state index contributed by atoms with van der Waals surface area (Å²) in [5.41, 5.74) is 0.781. The third-order valence-corrected chi connectivity index (χ3v) is 2.30. The SMILES string of the molecule is CCCCC#CC(O)c1cccc(OC)c1. The molecule has 16 heavy (non-hydrogen) atoms. The molecule has 0 radical (unpaired) electrons. The quantitative estimate of drug-likeness (QED) is 0.622. The highest BCUT2D eigenvalue weighted by Crippen LogP contribution is 2.18. The summed E-state index contributed by atoms with van der Waals surface area (Å²) in [6.45, 7) is 2.13. The van der Waals surface area contributed by atoms with Gasteiger partial charge in [0.15, 0.2) is 0 Å². The first kappa shape index (κ1) is 12.6. The molecule has 1 aromatic rings. The van der Waals surface area contributed by atoms with E-state index in [1.54, 1.807) is 13.2 Å². The van der Waals surface area contributed by atoms with Crippen LogP contribution in [0.2, 0.25) is 0 Å². The Labute approximate surface area is 97.3 Å². The summed E-state index contributed by atoms with van der Waals surface area (Å²) < 4.78 is 5.09. The molecule has 0 aromatic heterocycles. The molecule has 0 saturated carbocycles. The van der Waals surface area contributed by atoms with E-state index < -0.39 is 6.10 Å². The van der Waals surface area contributed by atoms with Crippen molar-refractivity contribution in [1.82, 2.24) is 0 Å². The number of ether oxygens (including phenoxy) is 1. The molecule has 0 bridgehead atoms. The van der Waals surface area contributed by atoms with E-state index in [0.717, 1.165) is 30.6 Å². The van der Waals surface area contributed by atoms with E-state index in [1.165, 1.54) is 0 Å². The lowest BCUT2D eigenvalue weighted by Gasteiger charge is -2.05. The second-order valence-electron chi connectivity index (χ2n) is 3.60. The van der Waals surface area contributed by atoms with E-state index in [4.69, 9.17) is 4.74 Å². The third kappa shape index (κ3) is 3.96. The molecule has 86 valence electrons. The Bertz CT molecular complexity index is 374. The van der Waals surface area contributed by atoms with Gasteiger partial charge >= 0.3 is 0 Å². The third-order valence-electron chi connectivity index (χ3n) is 2.30. The lowest BCUT2D eigenvalue weighted by Crippen LogP contribution is -1.94. The zero-order chi connectivity index (χ0) is 11.8. The molecule has 1 atom stereocenters. The van der Waals surface area contributed by atoms with Crippen LogP contribution in [0, 0.1) is 11.8 Å². The van der Waals surface area contributed by atoms with Crippen LogP contribution in [0.15, 0.2) is 24.3 Å². The van der Waals surface area contributed by atoms with Crippen LogP contribution in [-0.4, -0.2) is 12.2 Å². The number of rotatable bonds is 4. The highest BCUT2D eigenvalue weighted by molar-refractivity contribution is 5.33. The molecule has 0 aliphatic carbocycles. The van der Waals surface area contributed by atoms with Crippen LogP contribution in [0.5, 0.6) is 5.75 Å². The number of aliphatic hydroxyl groups excluding tert-OH is 1. The summed E-state index contributed by atoms with van der Waals surface area (Å²) in [5.74, 6) is 6.56. The monoisotopic (exact) mass is 218 g/mol. The summed E-state index contributed by atoms with van der Waals surface area (Å²) in [4.78, 5) is 0. The number of hydrogen-bond acceptors (Lipinski definition) is 2. The minimum atomic E-state index is -0.716. The van der Waals surface area contributed by atoms with E-state index >= 15 is 0 Å². The fourth-order valence-electron chi connectivity index (χ4n) is 1.33. The average Bonchev–Trinajstić information content (AvgIpc) is 2.34. The Morgan fingerprint density at radius 3 is 2.94 bits per heavy atom. The number of benzene rings is 1. The zero-order valence-corrected chi connectivity index (χ0v) is 9.86. The lowest BCUT2D eigenvalue weighted by molar-refractivity contribution is 0.237. The first-order valence-corrected chi connectivity index (χ1v) is 5.58. The van der Waals surface area contributed by atoms with Crippen molar-refractivity contribution in [2.75, 3.05) is 7.11 Å². The van der Waals surface area contributed by atoms with Crippen molar-refractivity contribution in [3.63, 3.8) is 0 Å². The molecule has 0 spiro atoms. The van der Waals surface area contributed by atoms with Crippen molar-refractivity contribution >= 4 is 0 Å². The number of methoxy groups -OCH3 is 1. The van der Waals surface area contributed by atoms with E-state index in [9.17, 15) is 5.11 Å². The molecule has 0 fully saturated rings. The van der Waals surface area contributed by atoms with Gasteiger partial charge in [0.25, 0.3) is 0 Å². The van der Waals surface area contributed by atoms with Crippen molar-refractivity contribution < 1.29 is 9.84 Å². The van der Waals surface area contributed by atoms with Crippen LogP contribution in [0.3, 0.4) is 0 Å². The molecule has 0 aliphatic rings. The van der Waals surface area contributed by atoms with E-state index in [1.807, 2.05) is 18.2 Å². The second kappa shape index (κ2) is 6.92. The molecule has 2 nitrogen and oxygen atoms in total. The minimum Gasteiger partial charge on any atom is -0.497 e. The summed E-state index contributed by atoms with van der Waals surface area (Å²) in [6.07, 6.45) is 2.34. The van der Waals surface area contributed by atoms with Crippen LogP contribution >= 0.6 is 0 Å². The predicted molar refractivity (Wildman–Crippen MR) is 65.3 cm³/mol. The Morgan fingerprint density at radius 1 is 1.44 bits per heavy atom.